The molecule has 1 aromatic rings. The van der Waals surface area contributed by atoms with Crippen LogP contribution < -0.4 is 16.0 Å². The molecule has 0 unspecified atom stereocenters. The van der Waals surface area contributed by atoms with Crippen LogP contribution in [-0.2, 0) is 30.4 Å². The van der Waals surface area contributed by atoms with Gasteiger partial charge in [-0.2, -0.15) is 0 Å². The summed E-state index contributed by atoms with van der Waals surface area (Å²) in [5.41, 5.74) is -1.91. The summed E-state index contributed by atoms with van der Waals surface area (Å²) in [7, 11) is 0. The van der Waals surface area contributed by atoms with Crippen LogP contribution in [0.5, 0.6) is 0 Å². The van der Waals surface area contributed by atoms with Crippen molar-refractivity contribution in [2.24, 2.45) is 5.92 Å². The molecule has 44 heavy (non-hydrogen) atoms. The summed E-state index contributed by atoms with van der Waals surface area (Å²) < 4.78 is 24.0. The van der Waals surface area contributed by atoms with E-state index in [-0.39, 0.29) is 38.3 Å². The van der Waals surface area contributed by atoms with Gasteiger partial charge in [0.25, 0.3) is 0 Å². The summed E-state index contributed by atoms with van der Waals surface area (Å²) >= 11 is 0. The summed E-state index contributed by atoms with van der Waals surface area (Å²) in [5, 5.41) is 17.8. The number of aromatic nitrogens is 1. The molecule has 0 spiro atoms. The van der Waals surface area contributed by atoms with Crippen LogP contribution >= 0.6 is 0 Å². The Morgan fingerprint density at radius 2 is 1.95 bits per heavy atom. The number of carbonyl (C=O) groups excluding carboxylic acids is 4. The molecule has 0 radical (unpaired) electrons. The second-order valence-corrected chi connectivity index (χ2v) is 12.4. The first kappa shape index (κ1) is 32.7. The van der Waals surface area contributed by atoms with Gasteiger partial charge in [-0.05, 0) is 58.6 Å². The second-order valence-electron chi connectivity index (χ2n) is 12.4. The highest BCUT2D eigenvalue weighted by molar-refractivity contribution is 5.96. The number of pyridine rings is 1. The van der Waals surface area contributed by atoms with E-state index in [1.165, 1.54) is 17.0 Å². The number of carbonyl (C=O) groups is 5. The van der Waals surface area contributed by atoms with Crippen molar-refractivity contribution >= 4 is 30.0 Å². The number of amides is 4. The molecule has 1 saturated heterocycles. The zero-order valence-electron chi connectivity index (χ0n) is 25.1. The molecular formula is C30H40FN5O8. The Morgan fingerprint density at radius 1 is 1.18 bits per heavy atom. The van der Waals surface area contributed by atoms with Gasteiger partial charge in [-0.25, -0.2) is 18.8 Å². The molecule has 2 aliphatic heterocycles. The lowest BCUT2D eigenvalue weighted by Crippen LogP contribution is -2.56. The molecule has 1 aliphatic carbocycles. The number of hydrogen-bond donors (Lipinski definition) is 4. The molecule has 5 atom stereocenters. The van der Waals surface area contributed by atoms with Crippen LogP contribution in [0.15, 0.2) is 30.5 Å². The fourth-order valence-electron chi connectivity index (χ4n) is 5.46. The average Bonchev–Trinajstić information content (AvgIpc) is 3.48. The number of halogens is 1. The van der Waals surface area contributed by atoms with Gasteiger partial charge in [0.2, 0.25) is 11.8 Å². The summed E-state index contributed by atoms with van der Waals surface area (Å²) in [6, 6.07) is 0.420. The van der Waals surface area contributed by atoms with Crippen LogP contribution in [0.1, 0.15) is 71.4 Å². The topological polar surface area (TPSA) is 176 Å². The van der Waals surface area contributed by atoms with E-state index in [1.54, 1.807) is 20.8 Å². The van der Waals surface area contributed by atoms with Crippen molar-refractivity contribution in [2.75, 3.05) is 6.54 Å². The molecule has 1 saturated carbocycles. The van der Waals surface area contributed by atoms with Crippen LogP contribution in [0.3, 0.4) is 0 Å². The van der Waals surface area contributed by atoms with Gasteiger partial charge in [-0.3, -0.25) is 14.6 Å². The van der Waals surface area contributed by atoms with Crippen LogP contribution in [0, 0.1) is 11.7 Å². The third-order valence-corrected chi connectivity index (χ3v) is 7.79. The van der Waals surface area contributed by atoms with Gasteiger partial charge in [0.1, 0.15) is 35.1 Å². The SMILES string of the molecule is CC(C)(C)OC(=O)N[C@H]1CCCCC/C=C\[C@@H]2C[C@@]2(C(=O)O)NC(=O)[C@@H]2C[C@@H](OC(=O)NCc3ccc(F)cn3)CN2C1=O. The normalized spacial score (nSPS) is 28.2. The minimum atomic E-state index is -1.49. The third-order valence-electron chi connectivity index (χ3n) is 7.79. The van der Waals surface area contributed by atoms with Gasteiger partial charge < -0.3 is 35.4 Å². The number of nitrogens with zero attached hydrogens (tertiary/aromatic N) is 2. The van der Waals surface area contributed by atoms with Crippen molar-refractivity contribution in [3.8, 4) is 0 Å². The molecule has 0 bridgehead atoms. The van der Waals surface area contributed by atoms with Crippen molar-refractivity contribution in [2.45, 2.75) is 102 Å². The van der Waals surface area contributed by atoms with Gasteiger partial charge in [-0.15, -0.1) is 0 Å². The van der Waals surface area contributed by atoms with Crippen LogP contribution in [0.4, 0.5) is 14.0 Å². The molecule has 13 nitrogen and oxygen atoms in total. The third kappa shape index (κ3) is 8.44. The first-order chi connectivity index (χ1) is 20.8. The molecule has 3 heterocycles. The van der Waals surface area contributed by atoms with E-state index in [1.807, 2.05) is 12.2 Å². The number of nitrogens with one attached hydrogen (secondary N) is 3. The number of rotatable bonds is 5. The number of aliphatic carboxylic acids is 1. The number of carboxylic acid groups (broad SMARTS) is 1. The molecule has 14 heteroatoms. The van der Waals surface area contributed by atoms with E-state index < -0.39 is 65.1 Å². The lowest BCUT2D eigenvalue weighted by molar-refractivity contribution is -0.145. The van der Waals surface area contributed by atoms with Crippen LogP contribution in [0.2, 0.25) is 0 Å². The highest BCUT2D eigenvalue weighted by atomic mass is 19.1. The second kappa shape index (κ2) is 13.6. The van der Waals surface area contributed by atoms with Crippen molar-refractivity contribution in [1.29, 1.82) is 0 Å². The Morgan fingerprint density at radius 3 is 2.64 bits per heavy atom. The molecule has 0 aromatic carbocycles. The summed E-state index contributed by atoms with van der Waals surface area (Å²) in [6.45, 7) is 4.89. The van der Waals surface area contributed by atoms with E-state index in [0.717, 1.165) is 19.0 Å². The predicted molar refractivity (Wildman–Crippen MR) is 153 cm³/mol. The van der Waals surface area contributed by atoms with Gasteiger partial charge in [-0.1, -0.05) is 25.0 Å². The quantitative estimate of drug-likeness (QED) is 0.362. The number of hydrogen-bond acceptors (Lipinski definition) is 8. The maximum Gasteiger partial charge on any atom is 0.408 e. The summed E-state index contributed by atoms with van der Waals surface area (Å²) in [5.74, 6) is -3.34. The van der Waals surface area contributed by atoms with E-state index in [4.69, 9.17) is 9.47 Å². The average molecular weight is 618 g/mol. The smallest absolute Gasteiger partial charge is 0.408 e. The summed E-state index contributed by atoms with van der Waals surface area (Å²) in [6.07, 6.45) is 5.49. The molecule has 4 amide bonds. The van der Waals surface area contributed by atoms with Gasteiger partial charge in [0.15, 0.2) is 0 Å². The summed E-state index contributed by atoms with van der Waals surface area (Å²) in [4.78, 5) is 70.2. The Hall–Kier alpha value is -4.23. The molecule has 2 fully saturated rings. The predicted octanol–water partition coefficient (Wildman–Crippen LogP) is 2.79. The van der Waals surface area contributed by atoms with Gasteiger partial charge in [0, 0.05) is 12.3 Å². The van der Waals surface area contributed by atoms with Crippen LogP contribution in [0.25, 0.3) is 0 Å². The molecular weight excluding hydrogens is 577 g/mol. The Kier molecular flexibility index (Phi) is 10.1. The first-order valence-electron chi connectivity index (χ1n) is 14.8. The fraction of sp³-hybridized carbons (Fsp3) is 0.600. The maximum atomic E-state index is 13.9. The highest BCUT2D eigenvalue weighted by Crippen LogP contribution is 2.45. The standard InChI is InChI=1S/C30H40FN5O8/c1-29(2,3)44-28(42)34-22-10-8-6-4-5-7-9-18-14-30(18,26(39)40)35-24(37)23-13-21(17-36(23)25(22)38)43-27(41)33-16-20-12-11-19(31)15-32-20/h7,9,11-12,15,18,21-23H,4-6,8,10,13-14,16-17H2,1-3H3,(H,33,41)(H,34,42)(H,35,37)(H,39,40)/b9-7-/t18-,21-,22+,23+,30-/m1/s1. The van der Waals surface area contributed by atoms with Crippen molar-refractivity contribution in [3.05, 3.63) is 42.0 Å². The number of carboxylic acids is 1. The molecule has 4 N–H and O–H groups in total. The Bertz CT molecular complexity index is 1280. The number of fused-ring (bicyclic) bond motifs is 2. The lowest BCUT2D eigenvalue weighted by Gasteiger charge is -2.30. The van der Waals surface area contributed by atoms with Crippen molar-refractivity contribution in [3.63, 3.8) is 0 Å². The van der Waals surface area contributed by atoms with E-state index in [2.05, 4.69) is 20.9 Å². The number of allylic oxidation sites excluding steroid dienone is 1. The fourth-order valence-corrected chi connectivity index (χ4v) is 5.46. The van der Waals surface area contributed by atoms with E-state index in [9.17, 15) is 33.5 Å². The highest BCUT2D eigenvalue weighted by Gasteiger charge is 2.61. The molecule has 3 aliphatic rings. The van der Waals surface area contributed by atoms with Gasteiger partial charge >= 0.3 is 18.2 Å². The van der Waals surface area contributed by atoms with Crippen molar-refractivity contribution in [1.82, 2.24) is 25.8 Å². The molecule has 240 valence electrons. The zero-order valence-corrected chi connectivity index (χ0v) is 25.1. The van der Waals surface area contributed by atoms with Crippen molar-refractivity contribution < 1.29 is 42.9 Å². The largest absolute Gasteiger partial charge is 0.479 e. The number of ether oxygens (including phenoxy) is 2. The van der Waals surface area contributed by atoms with E-state index >= 15 is 0 Å². The minimum absolute atomic E-state index is 0.0453. The monoisotopic (exact) mass is 617 g/mol. The molecule has 1 aromatic heterocycles. The number of alkyl carbamates (subject to hydrolysis) is 2. The minimum Gasteiger partial charge on any atom is -0.479 e. The zero-order chi connectivity index (χ0) is 32.1. The Labute approximate surface area is 254 Å². The first-order valence-corrected chi connectivity index (χ1v) is 14.8. The molecule has 4 rings (SSSR count). The Balaban J connectivity index is 1.53. The van der Waals surface area contributed by atoms with E-state index in [0.29, 0.717) is 18.5 Å². The maximum absolute atomic E-state index is 13.9. The lowest BCUT2D eigenvalue weighted by atomic mass is 10.0. The van der Waals surface area contributed by atoms with Gasteiger partial charge in [0.05, 0.1) is 25.0 Å². The van der Waals surface area contributed by atoms with Crippen LogP contribution in [-0.4, -0.2) is 80.8 Å².